The van der Waals surface area contributed by atoms with Crippen molar-refractivity contribution in [1.82, 2.24) is 0 Å². The molecule has 52 valence electrons. The first-order chi connectivity index (χ1) is 4.11. The van der Waals surface area contributed by atoms with Crippen molar-refractivity contribution in [2.24, 2.45) is 17.1 Å². The zero-order valence-corrected chi connectivity index (χ0v) is 5.98. The van der Waals surface area contributed by atoms with E-state index in [1.807, 2.05) is 6.92 Å². The maximum atomic E-state index is 10.7. The van der Waals surface area contributed by atoms with E-state index in [1.54, 1.807) is 0 Å². The molecule has 2 nitrogen and oxygen atoms in total. The highest BCUT2D eigenvalue weighted by Gasteiger charge is 2.53. The van der Waals surface area contributed by atoms with Crippen molar-refractivity contribution < 1.29 is 4.79 Å². The lowest BCUT2D eigenvalue weighted by atomic mass is 10.1. The van der Waals surface area contributed by atoms with Gasteiger partial charge in [-0.25, -0.2) is 0 Å². The van der Waals surface area contributed by atoms with E-state index in [2.05, 4.69) is 6.92 Å². The minimum atomic E-state index is -0.144. The highest BCUT2D eigenvalue weighted by molar-refractivity contribution is 5.83. The zero-order chi connectivity index (χ0) is 7.07. The summed E-state index contributed by atoms with van der Waals surface area (Å²) < 4.78 is 0. The third-order valence-corrected chi connectivity index (χ3v) is 2.47. The topological polar surface area (TPSA) is 43.1 Å². The molecule has 0 aliphatic heterocycles. The van der Waals surface area contributed by atoms with E-state index < -0.39 is 0 Å². The van der Waals surface area contributed by atoms with Gasteiger partial charge in [-0.3, -0.25) is 4.79 Å². The fourth-order valence-electron chi connectivity index (χ4n) is 1.35. The van der Waals surface area contributed by atoms with E-state index >= 15 is 0 Å². The number of primary amides is 1. The Kier molecular flexibility index (Phi) is 1.26. The number of rotatable bonds is 2. The maximum Gasteiger partial charge on any atom is 0.223 e. The summed E-state index contributed by atoms with van der Waals surface area (Å²) in [4.78, 5) is 10.7. The molecular formula is C7H13NO. The van der Waals surface area contributed by atoms with Crippen LogP contribution in [0.25, 0.3) is 0 Å². The first-order valence-corrected chi connectivity index (χ1v) is 3.41. The molecule has 2 N–H and O–H groups in total. The number of nitrogens with two attached hydrogens (primary N) is 1. The predicted octanol–water partition coefficient (Wildman–Crippen LogP) is 0.908. The smallest absolute Gasteiger partial charge is 0.223 e. The van der Waals surface area contributed by atoms with Crippen LogP contribution in [0.1, 0.15) is 26.7 Å². The Morgan fingerprint density at radius 3 is 2.56 bits per heavy atom. The van der Waals surface area contributed by atoms with Crippen molar-refractivity contribution in [3.63, 3.8) is 0 Å². The van der Waals surface area contributed by atoms with Crippen molar-refractivity contribution in [2.45, 2.75) is 26.7 Å². The lowest BCUT2D eigenvalue weighted by Crippen LogP contribution is -2.23. The van der Waals surface area contributed by atoms with Crippen molar-refractivity contribution in [3.8, 4) is 0 Å². The SMILES string of the molecule is CC[C@@H]1C[C@]1(C)C(N)=O. The Bertz CT molecular complexity index is 144. The van der Waals surface area contributed by atoms with Gasteiger partial charge in [0.25, 0.3) is 0 Å². The molecule has 1 aliphatic carbocycles. The molecule has 1 saturated carbocycles. The molecule has 2 heteroatoms. The van der Waals surface area contributed by atoms with E-state index in [0.29, 0.717) is 5.92 Å². The van der Waals surface area contributed by atoms with E-state index in [9.17, 15) is 4.79 Å². The molecule has 0 unspecified atom stereocenters. The maximum absolute atomic E-state index is 10.7. The van der Waals surface area contributed by atoms with Crippen molar-refractivity contribution >= 4 is 5.91 Å². The minimum absolute atomic E-state index is 0.130. The van der Waals surface area contributed by atoms with Crippen LogP contribution in [0.4, 0.5) is 0 Å². The van der Waals surface area contributed by atoms with Crippen LogP contribution in [-0.2, 0) is 4.79 Å². The molecule has 0 aromatic heterocycles. The Hall–Kier alpha value is -0.530. The predicted molar refractivity (Wildman–Crippen MR) is 35.7 cm³/mol. The van der Waals surface area contributed by atoms with Gasteiger partial charge in [-0.2, -0.15) is 0 Å². The van der Waals surface area contributed by atoms with Gasteiger partial charge in [0.05, 0.1) is 0 Å². The third-order valence-electron chi connectivity index (χ3n) is 2.47. The van der Waals surface area contributed by atoms with Crippen LogP contribution in [0, 0.1) is 11.3 Å². The van der Waals surface area contributed by atoms with Gasteiger partial charge in [0.15, 0.2) is 0 Å². The molecular weight excluding hydrogens is 114 g/mol. The lowest BCUT2D eigenvalue weighted by Gasteiger charge is -2.01. The Labute approximate surface area is 55.4 Å². The van der Waals surface area contributed by atoms with Gasteiger partial charge in [0.1, 0.15) is 0 Å². The first-order valence-electron chi connectivity index (χ1n) is 3.41. The van der Waals surface area contributed by atoms with E-state index in [0.717, 1.165) is 12.8 Å². The molecule has 1 amide bonds. The second kappa shape index (κ2) is 1.72. The summed E-state index contributed by atoms with van der Waals surface area (Å²) >= 11 is 0. The second-order valence-electron chi connectivity index (χ2n) is 3.09. The summed E-state index contributed by atoms with van der Waals surface area (Å²) in [6.45, 7) is 4.04. The summed E-state index contributed by atoms with van der Waals surface area (Å²) in [5.41, 5.74) is 5.01. The molecule has 0 aromatic carbocycles. The number of carbonyl (C=O) groups is 1. The van der Waals surface area contributed by atoms with Crippen molar-refractivity contribution in [3.05, 3.63) is 0 Å². The van der Waals surface area contributed by atoms with Gasteiger partial charge < -0.3 is 5.73 Å². The quantitative estimate of drug-likeness (QED) is 0.588. The second-order valence-corrected chi connectivity index (χ2v) is 3.09. The summed E-state index contributed by atoms with van der Waals surface area (Å²) in [6.07, 6.45) is 2.08. The van der Waals surface area contributed by atoms with Crippen LogP contribution < -0.4 is 5.73 Å². The van der Waals surface area contributed by atoms with Crippen LogP contribution in [0.2, 0.25) is 0 Å². The highest BCUT2D eigenvalue weighted by atomic mass is 16.1. The average molecular weight is 127 g/mol. The van der Waals surface area contributed by atoms with Gasteiger partial charge in [0, 0.05) is 5.41 Å². The minimum Gasteiger partial charge on any atom is -0.369 e. The molecule has 0 saturated heterocycles. The van der Waals surface area contributed by atoms with Gasteiger partial charge >= 0.3 is 0 Å². The fraction of sp³-hybridized carbons (Fsp3) is 0.857. The number of carbonyl (C=O) groups excluding carboxylic acids is 1. The normalized spacial score (nSPS) is 40.4. The van der Waals surface area contributed by atoms with Crippen molar-refractivity contribution in [1.29, 1.82) is 0 Å². The monoisotopic (exact) mass is 127 g/mol. The third kappa shape index (κ3) is 0.824. The van der Waals surface area contributed by atoms with Gasteiger partial charge in [-0.1, -0.05) is 20.3 Å². The van der Waals surface area contributed by atoms with E-state index in [-0.39, 0.29) is 11.3 Å². The van der Waals surface area contributed by atoms with E-state index in [4.69, 9.17) is 5.73 Å². The molecule has 1 fully saturated rings. The summed E-state index contributed by atoms with van der Waals surface area (Å²) in [5, 5.41) is 0. The van der Waals surface area contributed by atoms with Crippen LogP contribution in [0.3, 0.4) is 0 Å². The number of hydrogen-bond acceptors (Lipinski definition) is 1. The average Bonchev–Trinajstić information content (AvgIpc) is 2.44. The first kappa shape index (κ1) is 6.59. The Morgan fingerprint density at radius 2 is 2.44 bits per heavy atom. The Balaban J connectivity index is 2.52. The van der Waals surface area contributed by atoms with Crippen LogP contribution >= 0.6 is 0 Å². The molecule has 0 bridgehead atoms. The summed E-state index contributed by atoms with van der Waals surface area (Å²) in [5.74, 6) is 0.435. The van der Waals surface area contributed by atoms with Crippen molar-refractivity contribution in [2.75, 3.05) is 0 Å². The zero-order valence-electron chi connectivity index (χ0n) is 5.98. The van der Waals surface area contributed by atoms with Crippen LogP contribution in [0.15, 0.2) is 0 Å². The molecule has 2 atom stereocenters. The molecule has 0 aromatic rings. The highest BCUT2D eigenvalue weighted by Crippen LogP contribution is 2.53. The fourth-order valence-corrected chi connectivity index (χ4v) is 1.35. The number of hydrogen-bond donors (Lipinski definition) is 1. The number of amides is 1. The van der Waals surface area contributed by atoms with Gasteiger partial charge in [0.2, 0.25) is 5.91 Å². The van der Waals surface area contributed by atoms with Crippen LogP contribution in [-0.4, -0.2) is 5.91 Å². The molecule has 9 heavy (non-hydrogen) atoms. The summed E-state index contributed by atoms with van der Waals surface area (Å²) in [6, 6.07) is 0. The molecule has 1 rings (SSSR count). The Morgan fingerprint density at radius 1 is 1.89 bits per heavy atom. The van der Waals surface area contributed by atoms with E-state index in [1.165, 1.54) is 0 Å². The largest absolute Gasteiger partial charge is 0.369 e. The lowest BCUT2D eigenvalue weighted by molar-refractivity contribution is -0.123. The van der Waals surface area contributed by atoms with Crippen LogP contribution in [0.5, 0.6) is 0 Å². The van der Waals surface area contributed by atoms with Gasteiger partial charge in [-0.15, -0.1) is 0 Å². The molecule has 0 heterocycles. The van der Waals surface area contributed by atoms with Gasteiger partial charge in [-0.05, 0) is 12.3 Å². The molecule has 0 spiro atoms. The standard InChI is InChI=1S/C7H13NO/c1-3-5-4-7(5,2)6(8)9/h5H,3-4H2,1-2H3,(H2,8,9)/t5-,7+/m1/s1. The summed E-state index contributed by atoms with van der Waals surface area (Å²) in [7, 11) is 0. The molecule has 1 aliphatic rings. The molecule has 0 radical (unpaired) electrons.